The lowest BCUT2D eigenvalue weighted by Gasteiger charge is -2.18. The first kappa shape index (κ1) is 15.8. The van der Waals surface area contributed by atoms with E-state index >= 15 is 0 Å². The zero-order valence-electron chi connectivity index (χ0n) is 12.9. The summed E-state index contributed by atoms with van der Waals surface area (Å²) in [5.74, 6) is 0.653. The number of anilines is 1. The molecular weight excluding hydrogens is 282 g/mol. The summed E-state index contributed by atoms with van der Waals surface area (Å²) in [6, 6.07) is 8.20. The van der Waals surface area contributed by atoms with E-state index in [2.05, 4.69) is 10.5 Å². The van der Waals surface area contributed by atoms with Crippen LogP contribution >= 0.6 is 0 Å². The molecule has 0 radical (unpaired) electrons. The van der Waals surface area contributed by atoms with Gasteiger partial charge in [0.25, 0.3) is 11.8 Å². The van der Waals surface area contributed by atoms with Crippen LogP contribution in [-0.2, 0) is 0 Å². The second-order valence-electron chi connectivity index (χ2n) is 4.83. The molecular formula is C16H19N3O3. The average Bonchev–Trinajstić information content (AvgIpc) is 2.93. The van der Waals surface area contributed by atoms with Crippen LogP contribution in [-0.4, -0.2) is 35.0 Å². The van der Waals surface area contributed by atoms with Gasteiger partial charge in [0.05, 0.1) is 0 Å². The average molecular weight is 301 g/mol. The van der Waals surface area contributed by atoms with Gasteiger partial charge >= 0.3 is 0 Å². The maximum absolute atomic E-state index is 12.2. The summed E-state index contributed by atoms with van der Waals surface area (Å²) in [5.41, 5.74) is 1.02. The minimum Gasteiger partial charge on any atom is -0.360 e. The number of aryl methyl sites for hydroxylation is 1. The second-order valence-corrected chi connectivity index (χ2v) is 4.83. The van der Waals surface area contributed by atoms with E-state index in [1.807, 2.05) is 13.8 Å². The van der Waals surface area contributed by atoms with Crippen LogP contribution in [0.1, 0.15) is 40.3 Å². The standard InChI is InChI=1S/C16H19N3O3/c1-4-19(5-2)16(21)13-8-6-12(7-9-13)15(20)17-14-10-11(3)22-18-14/h6-10H,4-5H2,1-3H3,(H,17,18,20). The molecule has 0 bridgehead atoms. The SMILES string of the molecule is CCN(CC)C(=O)c1ccc(C(=O)Nc2cc(C)on2)cc1. The first-order chi connectivity index (χ1) is 10.5. The van der Waals surface area contributed by atoms with E-state index in [1.165, 1.54) is 0 Å². The third kappa shape index (κ3) is 3.52. The largest absolute Gasteiger partial charge is 0.360 e. The van der Waals surface area contributed by atoms with Crippen molar-refractivity contribution in [2.24, 2.45) is 0 Å². The van der Waals surface area contributed by atoms with Crippen LogP contribution < -0.4 is 5.32 Å². The zero-order valence-corrected chi connectivity index (χ0v) is 12.9. The van der Waals surface area contributed by atoms with Gasteiger partial charge in [0.1, 0.15) is 5.76 Å². The Balaban J connectivity index is 2.08. The van der Waals surface area contributed by atoms with Crippen molar-refractivity contribution in [2.45, 2.75) is 20.8 Å². The number of amides is 2. The van der Waals surface area contributed by atoms with Crippen LogP contribution in [0.25, 0.3) is 0 Å². The van der Waals surface area contributed by atoms with Crippen molar-refractivity contribution in [3.05, 3.63) is 47.2 Å². The molecule has 0 aliphatic carbocycles. The number of carbonyl (C=O) groups excluding carboxylic acids is 2. The molecule has 0 spiro atoms. The lowest BCUT2D eigenvalue weighted by atomic mass is 10.1. The highest BCUT2D eigenvalue weighted by Crippen LogP contribution is 2.12. The molecule has 6 nitrogen and oxygen atoms in total. The maximum Gasteiger partial charge on any atom is 0.256 e. The molecule has 0 atom stereocenters. The van der Waals surface area contributed by atoms with Gasteiger partial charge in [-0.1, -0.05) is 5.16 Å². The van der Waals surface area contributed by atoms with Gasteiger partial charge in [-0.3, -0.25) is 9.59 Å². The van der Waals surface area contributed by atoms with E-state index in [0.717, 1.165) is 0 Å². The van der Waals surface area contributed by atoms with Crippen molar-refractivity contribution in [3.8, 4) is 0 Å². The van der Waals surface area contributed by atoms with Crippen molar-refractivity contribution in [1.29, 1.82) is 0 Å². The normalized spacial score (nSPS) is 10.3. The molecule has 2 amide bonds. The quantitative estimate of drug-likeness (QED) is 0.921. The number of hydrogen-bond acceptors (Lipinski definition) is 4. The molecule has 0 aliphatic rings. The summed E-state index contributed by atoms with van der Waals surface area (Å²) in [5, 5.41) is 6.34. The number of benzene rings is 1. The number of nitrogens with zero attached hydrogens (tertiary/aromatic N) is 2. The van der Waals surface area contributed by atoms with E-state index in [4.69, 9.17) is 4.52 Å². The minimum atomic E-state index is -0.296. The lowest BCUT2D eigenvalue weighted by Crippen LogP contribution is -2.30. The fourth-order valence-corrected chi connectivity index (χ4v) is 2.07. The Morgan fingerprint density at radius 1 is 1.14 bits per heavy atom. The van der Waals surface area contributed by atoms with E-state index in [-0.39, 0.29) is 11.8 Å². The molecule has 0 saturated carbocycles. The molecule has 0 aliphatic heterocycles. The van der Waals surface area contributed by atoms with Crippen molar-refractivity contribution >= 4 is 17.6 Å². The monoisotopic (exact) mass is 301 g/mol. The molecule has 6 heteroatoms. The summed E-state index contributed by atoms with van der Waals surface area (Å²) in [6.07, 6.45) is 0. The van der Waals surface area contributed by atoms with Gasteiger partial charge in [0.2, 0.25) is 0 Å². The van der Waals surface area contributed by atoms with Crippen LogP contribution in [0, 0.1) is 6.92 Å². The van der Waals surface area contributed by atoms with Gasteiger partial charge in [-0.2, -0.15) is 0 Å². The highest BCUT2D eigenvalue weighted by molar-refractivity contribution is 6.04. The molecule has 0 unspecified atom stereocenters. The zero-order chi connectivity index (χ0) is 16.1. The molecule has 22 heavy (non-hydrogen) atoms. The first-order valence-electron chi connectivity index (χ1n) is 7.19. The lowest BCUT2D eigenvalue weighted by molar-refractivity contribution is 0.0772. The van der Waals surface area contributed by atoms with Crippen LogP contribution in [0.3, 0.4) is 0 Å². The minimum absolute atomic E-state index is 0.0379. The fourth-order valence-electron chi connectivity index (χ4n) is 2.07. The molecule has 1 aromatic carbocycles. The molecule has 1 N–H and O–H groups in total. The predicted octanol–water partition coefficient (Wildman–Crippen LogP) is 2.72. The highest BCUT2D eigenvalue weighted by Gasteiger charge is 2.14. The highest BCUT2D eigenvalue weighted by atomic mass is 16.5. The summed E-state index contributed by atoms with van der Waals surface area (Å²) in [6.45, 7) is 6.93. The van der Waals surface area contributed by atoms with Gasteiger partial charge in [-0.05, 0) is 45.0 Å². The number of hydrogen-bond donors (Lipinski definition) is 1. The summed E-state index contributed by atoms with van der Waals surface area (Å²) in [7, 11) is 0. The van der Waals surface area contributed by atoms with Crippen molar-refractivity contribution in [3.63, 3.8) is 0 Å². The Bertz CT molecular complexity index is 658. The van der Waals surface area contributed by atoms with E-state index in [0.29, 0.717) is 35.8 Å². The summed E-state index contributed by atoms with van der Waals surface area (Å²) >= 11 is 0. The molecule has 1 aromatic heterocycles. The third-order valence-corrected chi connectivity index (χ3v) is 3.31. The van der Waals surface area contributed by atoms with Gasteiger partial charge in [0, 0.05) is 30.3 Å². The number of nitrogens with one attached hydrogen (secondary N) is 1. The fraction of sp³-hybridized carbons (Fsp3) is 0.312. The van der Waals surface area contributed by atoms with Crippen LogP contribution in [0.15, 0.2) is 34.9 Å². The molecule has 116 valence electrons. The van der Waals surface area contributed by atoms with E-state index in [1.54, 1.807) is 42.2 Å². The topological polar surface area (TPSA) is 75.4 Å². The smallest absolute Gasteiger partial charge is 0.256 e. The first-order valence-corrected chi connectivity index (χ1v) is 7.19. The Morgan fingerprint density at radius 2 is 1.73 bits per heavy atom. The predicted molar refractivity (Wildman–Crippen MR) is 82.9 cm³/mol. The van der Waals surface area contributed by atoms with Gasteiger partial charge in [0.15, 0.2) is 5.82 Å². The van der Waals surface area contributed by atoms with Crippen molar-refractivity contribution in [1.82, 2.24) is 10.1 Å². The molecule has 2 rings (SSSR count). The van der Waals surface area contributed by atoms with Crippen LogP contribution in [0.5, 0.6) is 0 Å². The molecule has 1 heterocycles. The van der Waals surface area contributed by atoms with Crippen molar-refractivity contribution in [2.75, 3.05) is 18.4 Å². The Labute approximate surface area is 129 Å². The maximum atomic E-state index is 12.2. The Morgan fingerprint density at radius 3 is 2.23 bits per heavy atom. The summed E-state index contributed by atoms with van der Waals surface area (Å²) in [4.78, 5) is 26.0. The van der Waals surface area contributed by atoms with Gasteiger partial charge in [-0.25, -0.2) is 0 Å². The Kier molecular flexibility index (Phi) is 4.93. The van der Waals surface area contributed by atoms with Crippen molar-refractivity contribution < 1.29 is 14.1 Å². The Hall–Kier alpha value is -2.63. The van der Waals surface area contributed by atoms with Gasteiger partial charge < -0.3 is 14.7 Å². The summed E-state index contributed by atoms with van der Waals surface area (Å²) < 4.78 is 4.89. The number of rotatable bonds is 5. The van der Waals surface area contributed by atoms with Gasteiger partial charge in [-0.15, -0.1) is 0 Å². The second kappa shape index (κ2) is 6.89. The van der Waals surface area contributed by atoms with Crippen LogP contribution in [0.4, 0.5) is 5.82 Å². The third-order valence-electron chi connectivity index (χ3n) is 3.31. The number of carbonyl (C=O) groups is 2. The molecule has 0 saturated heterocycles. The van der Waals surface area contributed by atoms with E-state index < -0.39 is 0 Å². The number of aromatic nitrogens is 1. The van der Waals surface area contributed by atoms with Crippen LogP contribution in [0.2, 0.25) is 0 Å². The van der Waals surface area contributed by atoms with E-state index in [9.17, 15) is 9.59 Å². The molecule has 2 aromatic rings. The molecule has 0 fully saturated rings.